The zero-order valence-electron chi connectivity index (χ0n) is 13.9. The van der Waals surface area contributed by atoms with Gasteiger partial charge in [0.15, 0.2) is 0 Å². The van der Waals surface area contributed by atoms with Gasteiger partial charge in [0, 0.05) is 23.6 Å². The van der Waals surface area contributed by atoms with E-state index in [0.717, 1.165) is 16.7 Å². The first-order valence-electron chi connectivity index (χ1n) is 7.90. The lowest BCUT2D eigenvalue weighted by Gasteiger charge is -2.14. The van der Waals surface area contributed by atoms with Gasteiger partial charge in [-0.25, -0.2) is 0 Å². The Balaban J connectivity index is 2.00. The third-order valence-corrected chi connectivity index (χ3v) is 3.94. The van der Waals surface area contributed by atoms with Gasteiger partial charge in [-0.2, -0.15) is 0 Å². The van der Waals surface area contributed by atoms with Gasteiger partial charge in [-0.15, -0.1) is 0 Å². The maximum absolute atomic E-state index is 11.7. The fraction of sp³-hybridized carbons (Fsp3) is 0.263. The van der Waals surface area contributed by atoms with Gasteiger partial charge in [0.25, 0.3) is 0 Å². The maximum atomic E-state index is 11.7. The number of carbonyl (C=O) groups is 2. The Hall–Kier alpha value is -2.53. The number of hydrogen-bond acceptors (Lipinski definition) is 3. The minimum absolute atomic E-state index is 0.0602. The van der Waals surface area contributed by atoms with Crippen LogP contribution in [0.4, 0.5) is 0 Å². The summed E-state index contributed by atoms with van der Waals surface area (Å²) in [7, 11) is 0. The lowest BCUT2D eigenvalue weighted by molar-refractivity contribution is -0.138. The normalized spacial score (nSPS) is 10.3. The van der Waals surface area contributed by atoms with Crippen molar-refractivity contribution in [3.05, 3.63) is 64.2 Å². The van der Waals surface area contributed by atoms with Gasteiger partial charge in [0.1, 0.15) is 12.4 Å². The van der Waals surface area contributed by atoms with Crippen LogP contribution in [0.2, 0.25) is 5.02 Å². The lowest BCUT2D eigenvalue weighted by atomic mass is 10.1. The van der Waals surface area contributed by atoms with Crippen molar-refractivity contribution in [2.24, 2.45) is 0 Å². The Morgan fingerprint density at radius 3 is 2.60 bits per heavy atom. The van der Waals surface area contributed by atoms with Crippen LogP contribution in [0, 0.1) is 6.92 Å². The number of aliphatic carboxylic acids is 1. The molecular weight excluding hydrogens is 342 g/mol. The van der Waals surface area contributed by atoms with Crippen LogP contribution < -0.4 is 10.1 Å². The molecule has 25 heavy (non-hydrogen) atoms. The molecule has 0 spiro atoms. The first-order valence-corrected chi connectivity index (χ1v) is 8.27. The fourth-order valence-electron chi connectivity index (χ4n) is 2.26. The Morgan fingerprint density at radius 1 is 1.12 bits per heavy atom. The predicted molar refractivity (Wildman–Crippen MR) is 95.7 cm³/mol. The third kappa shape index (κ3) is 6.12. The molecule has 6 heteroatoms. The fourth-order valence-corrected chi connectivity index (χ4v) is 2.45. The van der Waals surface area contributed by atoms with Gasteiger partial charge in [-0.3, -0.25) is 9.59 Å². The number of carboxylic acid groups (broad SMARTS) is 1. The summed E-state index contributed by atoms with van der Waals surface area (Å²) in [4.78, 5) is 22.2. The van der Waals surface area contributed by atoms with E-state index in [1.54, 1.807) is 18.2 Å². The Bertz CT molecular complexity index is 761. The molecule has 2 aromatic rings. The quantitative estimate of drug-likeness (QED) is 0.751. The minimum atomic E-state index is -1.000. The summed E-state index contributed by atoms with van der Waals surface area (Å²) in [5.41, 5.74) is 2.96. The average Bonchev–Trinajstić information content (AvgIpc) is 2.58. The van der Waals surface area contributed by atoms with E-state index in [1.807, 2.05) is 31.2 Å². The van der Waals surface area contributed by atoms with Gasteiger partial charge >= 0.3 is 5.97 Å². The van der Waals surface area contributed by atoms with E-state index in [4.69, 9.17) is 21.4 Å². The molecule has 0 radical (unpaired) electrons. The highest BCUT2D eigenvalue weighted by atomic mass is 35.5. The molecule has 0 heterocycles. The molecule has 0 fully saturated rings. The summed E-state index contributed by atoms with van der Waals surface area (Å²) in [6.07, 6.45) is -0.257. The number of carbonyl (C=O) groups excluding carboxylic acids is 1. The highest BCUT2D eigenvalue weighted by Crippen LogP contribution is 2.24. The Labute approximate surface area is 151 Å². The number of aryl methyl sites for hydroxylation is 1. The third-order valence-electron chi connectivity index (χ3n) is 3.71. The number of nitrogens with one attached hydrogen (secondary N) is 1. The highest BCUT2D eigenvalue weighted by Gasteiger charge is 2.09. The average molecular weight is 362 g/mol. The van der Waals surface area contributed by atoms with Gasteiger partial charge in [-0.05, 0) is 36.2 Å². The molecule has 5 nitrogen and oxygen atoms in total. The molecule has 2 rings (SSSR count). The van der Waals surface area contributed by atoms with Crippen LogP contribution in [0.25, 0.3) is 0 Å². The molecule has 0 aliphatic rings. The molecule has 0 atom stereocenters. The van der Waals surface area contributed by atoms with Crippen LogP contribution in [0.15, 0.2) is 42.5 Å². The zero-order valence-corrected chi connectivity index (χ0v) is 14.7. The second-order valence-corrected chi connectivity index (χ2v) is 6.07. The van der Waals surface area contributed by atoms with E-state index >= 15 is 0 Å². The molecular formula is C19H20ClNO4. The van der Waals surface area contributed by atoms with Crippen molar-refractivity contribution < 1.29 is 19.4 Å². The smallest absolute Gasteiger partial charge is 0.303 e. The largest absolute Gasteiger partial charge is 0.489 e. The highest BCUT2D eigenvalue weighted by molar-refractivity contribution is 6.30. The first-order chi connectivity index (χ1) is 12.0. The summed E-state index contributed by atoms with van der Waals surface area (Å²) >= 11 is 6.03. The molecule has 132 valence electrons. The summed E-state index contributed by atoms with van der Waals surface area (Å²) in [6.45, 7) is 2.65. The summed E-state index contributed by atoms with van der Waals surface area (Å²) in [6, 6.07) is 13.2. The van der Waals surface area contributed by atoms with Gasteiger partial charge < -0.3 is 15.2 Å². The Morgan fingerprint density at radius 2 is 1.88 bits per heavy atom. The molecule has 0 bridgehead atoms. The van der Waals surface area contributed by atoms with Crippen LogP contribution in [-0.2, 0) is 22.7 Å². The second kappa shape index (κ2) is 9.08. The van der Waals surface area contributed by atoms with E-state index in [1.165, 1.54) is 0 Å². The lowest BCUT2D eigenvalue weighted by Crippen LogP contribution is -2.23. The summed E-state index contributed by atoms with van der Waals surface area (Å²) in [5, 5.41) is 11.8. The maximum Gasteiger partial charge on any atom is 0.303 e. The molecule has 1 amide bonds. The topological polar surface area (TPSA) is 75.6 Å². The molecule has 2 N–H and O–H groups in total. The monoisotopic (exact) mass is 361 g/mol. The number of ether oxygens (including phenoxy) is 1. The van der Waals surface area contributed by atoms with Crippen molar-refractivity contribution >= 4 is 23.5 Å². The van der Waals surface area contributed by atoms with Crippen LogP contribution >= 0.6 is 11.6 Å². The van der Waals surface area contributed by atoms with Crippen molar-refractivity contribution in [3.63, 3.8) is 0 Å². The molecule has 0 aliphatic carbocycles. The molecule has 2 aromatic carbocycles. The van der Waals surface area contributed by atoms with Gasteiger partial charge in [-0.1, -0.05) is 35.9 Å². The van der Waals surface area contributed by atoms with Crippen LogP contribution in [0.5, 0.6) is 5.75 Å². The van der Waals surface area contributed by atoms with Crippen LogP contribution in [-0.4, -0.2) is 17.0 Å². The number of halogens is 1. The van der Waals surface area contributed by atoms with E-state index < -0.39 is 5.97 Å². The number of carboxylic acids is 1. The van der Waals surface area contributed by atoms with E-state index in [0.29, 0.717) is 17.4 Å². The van der Waals surface area contributed by atoms with Crippen molar-refractivity contribution in [2.45, 2.75) is 32.9 Å². The van der Waals surface area contributed by atoms with Crippen LogP contribution in [0.3, 0.4) is 0 Å². The molecule has 0 aromatic heterocycles. The Kier molecular flexibility index (Phi) is 6.83. The van der Waals surface area contributed by atoms with E-state index in [2.05, 4.69) is 5.32 Å². The summed E-state index contributed by atoms with van der Waals surface area (Å²) in [5.74, 6) is -0.696. The molecule has 0 saturated carbocycles. The second-order valence-electron chi connectivity index (χ2n) is 5.64. The van der Waals surface area contributed by atoms with Gasteiger partial charge in [0.2, 0.25) is 5.91 Å². The van der Waals surface area contributed by atoms with Crippen molar-refractivity contribution in [1.29, 1.82) is 0 Å². The molecule has 0 aliphatic heterocycles. The van der Waals surface area contributed by atoms with Crippen molar-refractivity contribution in [2.75, 3.05) is 0 Å². The van der Waals surface area contributed by atoms with Gasteiger partial charge in [0.05, 0.1) is 6.42 Å². The molecule has 0 unspecified atom stereocenters. The standard InChI is InChI=1S/C19H20ClNO4/c1-13-4-2-3-5-14(13)12-25-17-7-6-16(20)10-15(17)11-21-18(22)8-9-19(23)24/h2-7,10H,8-9,11-12H2,1H3,(H,21,22)(H,23,24). The van der Waals surface area contributed by atoms with E-state index in [-0.39, 0.29) is 25.3 Å². The minimum Gasteiger partial charge on any atom is -0.489 e. The van der Waals surface area contributed by atoms with E-state index in [9.17, 15) is 9.59 Å². The number of amides is 1. The number of benzene rings is 2. The SMILES string of the molecule is Cc1ccccc1COc1ccc(Cl)cc1CNC(=O)CCC(=O)O. The first kappa shape index (κ1) is 18.8. The summed E-state index contributed by atoms with van der Waals surface area (Å²) < 4.78 is 5.89. The zero-order chi connectivity index (χ0) is 18.2. The molecule has 0 saturated heterocycles. The van der Waals surface area contributed by atoms with Crippen LogP contribution in [0.1, 0.15) is 29.5 Å². The number of rotatable bonds is 8. The van der Waals surface area contributed by atoms with Crippen molar-refractivity contribution in [3.8, 4) is 5.75 Å². The number of hydrogen-bond donors (Lipinski definition) is 2. The predicted octanol–water partition coefficient (Wildman–Crippen LogP) is 3.71. The van der Waals surface area contributed by atoms with Crippen molar-refractivity contribution in [1.82, 2.24) is 5.32 Å².